The molecular formula is C27H24N8O4S2. The standard InChI is InChI=1S/C27H24N8O4S2/c1-27(2)10-19-23(20(36)11-27)22(15-5-4-8-30-13-15)18(12-28)24(29)34(19)25-32-33-26(41-25)40-14-21(37)31-16-6-3-7-17(9-16)35(38)39/h3-9,13,22H,10-11,14,29H2,1-2H3,(H,31,37). The third-order valence-electron chi connectivity index (χ3n) is 6.65. The van der Waals surface area contributed by atoms with Gasteiger partial charge in [-0.05, 0) is 29.5 Å². The van der Waals surface area contributed by atoms with Crippen LogP contribution in [0.1, 0.15) is 38.2 Å². The Balaban J connectivity index is 1.42. The van der Waals surface area contributed by atoms with Crippen LogP contribution in [0.2, 0.25) is 0 Å². The molecule has 0 fully saturated rings. The van der Waals surface area contributed by atoms with Crippen molar-refractivity contribution in [1.29, 1.82) is 5.26 Å². The van der Waals surface area contributed by atoms with Gasteiger partial charge >= 0.3 is 0 Å². The number of nitro benzene ring substituents is 1. The number of nitrogens with two attached hydrogens (primary N) is 1. The zero-order valence-electron chi connectivity index (χ0n) is 22.0. The van der Waals surface area contributed by atoms with Gasteiger partial charge in [0.05, 0.1) is 28.2 Å². The van der Waals surface area contributed by atoms with Crippen LogP contribution in [0.25, 0.3) is 0 Å². The van der Waals surface area contributed by atoms with E-state index < -0.39 is 10.8 Å². The maximum Gasteiger partial charge on any atom is 0.271 e. The number of amides is 1. The maximum absolute atomic E-state index is 13.6. The number of rotatable bonds is 7. The van der Waals surface area contributed by atoms with Crippen LogP contribution in [0.5, 0.6) is 0 Å². The maximum atomic E-state index is 13.6. The van der Waals surface area contributed by atoms with E-state index in [2.05, 4.69) is 26.6 Å². The Bertz CT molecular complexity index is 1660. The van der Waals surface area contributed by atoms with Crippen molar-refractivity contribution in [3.8, 4) is 6.07 Å². The third kappa shape index (κ3) is 5.67. The number of carbonyl (C=O) groups excluding carboxylic acids is 2. The van der Waals surface area contributed by atoms with Crippen molar-refractivity contribution in [2.24, 2.45) is 11.1 Å². The summed E-state index contributed by atoms with van der Waals surface area (Å²) in [6.07, 6.45) is 4.12. The van der Waals surface area contributed by atoms with Gasteiger partial charge in [0.2, 0.25) is 11.0 Å². The fourth-order valence-corrected chi connectivity index (χ4v) is 6.66. The number of nitriles is 1. The van der Waals surface area contributed by atoms with Crippen LogP contribution in [0.15, 0.2) is 75.8 Å². The normalized spacial score (nSPS) is 18.1. The molecule has 0 bridgehead atoms. The van der Waals surface area contributed by atoms with Crippen molar-refractivity contribution in [1.82, 2.24) is 15.2 Å². The number of aromatic nitrogens is 3. The molecule has 1 aliphatic heterocycles. The van der Waals surface area contributed by atoms with Crippen molar-refractivity contribution in [3.05, 3.63) is 87.1 Å². The molecule has 0 saturated heterocycles. The number of hydrogen-bond acceptors (Lipinski definition) is 12. The summed E-state index contributed by atoms with van der Waals surface area (Å²) < 4.78 is 0.471. The predicted octanol–water partition coefficient (Wildman–Crippen LogP) is 4.51. The van der Waals surface area contributed by atoms with Gasteiger partial charge in [0, 0.05) is 47.9 Å². The number of nitro groups is 1. The summed E-state index contributed by atoms with van der Waals surface area (Å²) in [4.78, 5) is 42.4. The van der Waals surface area contributed by atoms with E-state index in [4.69, 9.17) is 5.73 Å². The highest BCUT2D eigenvalue weighted by Gasteiger charge is 2.45. The molecule has 0 spiro atoms. The monoisotopic (exact) mass is 588 g/mol. The summed E-state index contributed by atoms with van der Waals surface area (Å²) in [6.45, 7) is 4.01. The Morgan fingerprint density at radius 1 is 1.32 bits per heavy atom. The molecule has 208 valence electrons. The highest BCUT2D eigenvalue weighted by atomic mass is 32.2. The van der Waals surface area contributed by atoms with Crippen LogP contribution >= 0.6 is 23.1 Å². The minimum Gasteiger partial charge on any atom is -0.384 e. The topological polar surface area (TPSA) is 181 Å². The molecule has 1 unspecified atom stereocenters. The van der Waals surface area contributed by atoms with Crippen LogP contribution in [0.4, 0.5) is 16.5 Å². The van der Waals surface area contributed by atoms with Crippen molar-refractivity contribution < 1.29 is 14.5 Å². The first-order chi connectivity index (χ1) is 19.6. The molecular weight excluding hydrogens is 564 g/mol. The summed E-state index contributed by atoms with van der Waals surface area (Å²) in [7, 11) is 0. The van der Waals surface area contributed by atoms with E-state index in [9.17, 15) is 25.0 Å². The Kier molecular flexibility index (Phi) is 7.57. The number of thioether (sulfide) groups is 1. The molecule has 0 saturated carbocycles. The van der Waals surface area contributed by atoms with E-state index >= 15 is 0 Å². The number of nitrogens with zero attached hydrogens (tertiary/aromatic N) is 6. The lowest BCUT2D eigenvalue weighted by Crippen LogP contribution is -2.42. The molecule has 0 radical (unpaired) electrons. The number of nitrogens with one attached hydrogen (secondary N) is 1. The Morgan fingerprint density at radius 3 is 2.83 bits per heavy atom. The second-order valence-corrected chi connectivity index (χ2v) is 12.4. The lowest BCUT2D eigenvalue weighted by Gasteiger charge is -2.42. The quantitative estimate of drug-likeness (QED) is 0.225. The van der Waals surface area contributed by atoms with E-state index in [1.165, 1.54) is 29.5 Å². The van der Waals surface area contributed by atoms with E-state index in [1.807, 2.05) is 19.9 Å². The molecule has 1 amide bonds. The molecule has 5 rings (SSSR count). The number of allylic oxidation sites excluding steroid dienone is 3. The molecule has 2 aromatic heterocycles. The number of carbonyl (C=O) groups is 2. The van der Waals surface area contributed by atoms with E-state index in [0.717, 1.165) is 11.8 Å². The molecule has 41 heavy (non-hydrogen) atoms. The van der Waals surface area contributed by atoms with Crippen molar-refractivity contribution in [2.45, 2.75) is 36.9 Å². The largest absolute Gasteiger partial charge is 0.384 e. The van der Waals surface area contributed by atoms with Gasteiger partial charge in [0.1, 0.15) is 5.82 Å². The lowest BCUT2D eigenvalue weighted by atomic mass is 9.69. The SMILES string of the molecule is CC1(C)CC(=O)C2=C(C1)N(c1nnc(SCC(=O)Nc3cccc([N+](=O)[O-])c3)s1)C(N)=C(C#N)C2c1cccnc1. The highest BCUT2D eigenvalue weighted by Crippen LogP contribution is 2.50. The number of anilines is 2. The summed E-state index contributed by atoms with van der Waals surface area (Å²) in [6, 6.07) is 11.5. The summed E-state index contributed by atoms with van der Waals surface area (Å²) >= 11 is 2.32. The summed E-state index contributed by atoms with van der Waals surface area (Å²) in [5.41, 5.74) is 8.57. The summed E-state index contributed by atoms with van der Waals surface area (Å²) in [5, 5.41) is 32.7. The smallest absolute Gasteiger partial charge is 0.271 e. The minimum atomic E-state index is -0.636. The zero-order chi connectivity index (χ0) is 29.3. The number of benzene rings is 1. The van der Waals surface area contributed by atoms with Crippen LogP contribution in [-0.4, -0.2) is 37.5 Å². The Morgan fingerprint density at radius 2 is 2.12 bits per heavy atom. The van der Waals surface area contributed by atoms with E-state index in [1.54, 1.807) is 29.4 Å². The molecule has 14 heteroatoms. The molecule has 12 nitrogen and oxygen atoms in total. The molecule has 1 atom stereocenters. The predicted molar refractivity (Wildman–Crippen MR) is 154 cm³/mol. The van der Waals surface area contributed by atoms with Gasteiger partial charge < -0.3 is 11.1 Å². The van der Waals surface area contributed by atoms with Gasteiger partial charge in [-0.2, -0.15) is 5.26 Å². The highest BCUT2D eigenvalue weighted by molar-refractivity contribution is 8.01. The number of non-ortho nitro benzene ring substituents is 1. The number of hydrogen-bond donors (Lipinski definition) is 2. The average Bonchev–Trinajstić information content (AvgIpc) is 3.39. The van der Waals surface area contributed by atoms with Gasteiger partial charge in [0.25, 0.3) is 5.69 Å². The van der Waals surface area contributed by atoms with Gasteiger partial charge in [-0.3, -0.25) is 29.6 Å². The van der Waals surface area contributed by atoms with Gasteiger partial charge in [-0.1, -0.05) is 49.1 Å². The van der Waals surface area contributed by atoms with Crippen molar-refractivity contribution >= 4 is 51.3 Å². The van der Waals surface area contributed by atoms with Crippen LogP contribution in [0, 0.1) is 26.9 Å². The van der Waals surface area contributed by atoms with Gasteiger partial charge in [0.15, 0.2) is 10.1 Å². The number of pyridine rings is 1. The minimum absolute atomic E-state index is 0.0192. The molecule has 1 aliphatic carbocycles. The lowest BCUT2D eigenvalue weighted by molar-refractivity contribution is -0.384. The Labute approximate surface area is 243 Å². The first-order valence-electron chi connectivity index (χ1n) is 12.4. The second-order valence-electron chi connectivity index (χ2n) is 10.3. The van der Waals surface area contributed by atoms with Gasteiger partial charge in [-0.25, -0.2) is 0 Å². The fraction of sp³-hybridized carbons (Fsp3) is 0.259. The van der Waals surface area contributed by atoms with Gasteiger partial charge in [-0.15, -0.1) is 10.2 Å². The van der Waals surface area contributed by atoms with E-state index in [-0.39, 0.29) is 39.9 Å². The second kappa shape index (κ2) is 11.1. The van der Waals surface area contributed by atoms with Crippen molar-refractivity contribution in [3.63, 3.8) is 0 Å². The molecule has 3 aromatic rings. The molecule has 3 heterocycles. The van der Waals surface area contributed by atoms with Crippen molar-refractivity contribution in [2.75, 3.05) is 16.0 Å². The first-order valence-corrected chi connectivity index (χ1v) is 14.2. The Hall–Kier alpha value is -4.61. The fourth-order valence-electron chi connectivity index (χ4n) is 4.98. The van der Waals surface area contributed by atoms with E-state index in [0.29, 0.717) is 44.8 Å². The zero-order valence-corrected chi connectivity index (χ0v) is 23.7. The molecule has 2 aliphatic rings. The molecule has 3 N–H and O–H groups in total. The van der Waals surface area contributed by atoms with Crippen LogP contribution < -0.4 is 16.0 Å². The van der Waals surface area contributed by atoms with Crippen LogP contribution in [0.3, 0.4) is 0 Å². The average molecular weight is 589 g/mol. The number of Topliss-reactive ketones (excluding diaryl/α,β-unsaturated/α-hetero) is 1. The van der Waals surface area contributed by atoms with Crippen LogP contribution in [-0.2, 0) is 9.59 Å². The third-order valence-corrected chi connectivity index (χ3v) is 8.70. The summed E-state index contributed by atoms with van der Waals surface area (Å²) in [5.74, 6) is -0.925. The number of ketones is 1. The molecule has 1 aromatic carbocycles. The first kappa shape index (κ1) is 27.9.